The first-order chi connectivity index (χ1) is 13.7. The van der Waals surface area contributed by atoms with Gasteiger partial charge in [0.2, 0.25) is 0 Å². The molecule has 142 valence electrons. The fraction of sp³-hybridized carbons (Fsp3) is 0.105. The Hall–Kier alpha value is -3.88. The molecule has 2 heterocycles. The zero-order valence-corrected chi connectivity index (χ0v) is 14.5. The van der Waals surface area contributed by atoms with E-state index in [0.717, 1.165) is 0 Å². The summed E-state index contributed by atoms with van der Waals surface area (Å²) in [5.74, 6) is 0.699. The molecular formula is C19H15FN4O4. The Morgan fingerprint density at radius 3 is 2.46 bits per heavy atom. The number of amides is 2. The number of carbonyl (C=O) groups excluding carboxylic acids is 1. The number of rotatable bonds is 4. The van der Waals surface area contributed by atoms with Gasteiger partial charge >= 0.3 is 12.0 Å². The molecule has 2 aromatic carbocycles. The third kappa shape index (κ3) is 4.09. The van der Waals surface area contributed by atoms with Crippen molar-refractivity contribution < 1.29 is 23.4 Å². The van der Waals surface area contributed by atoms with Gasteiger partial charge in [0.25, 0.3) is 0 Å². The molecule has 0 radical (unpaired) electrons. The maximum atomic E-state index is 13.6. The van der Waals surface area contributed by atoms with Gasteiger partial charge in [0.15, 0.2) is 23.1 Å². The van der Waals surface area contributed by atoms with Crippen LogP contribution in [0.1, 0.15) is 0 Å². The molecule has 2 N–H and O–H groups in total. The number of anilines is 2. The Morgan fingerprint density at radius 2 is 1.68 bits per heavy atom. The highest BCUT2D eigenvalue weighted by molar-refractivity contribution is 5.99. The van der Waals surface area contributed by atoms with Crippen LogP contribution in [0.15, 0.2) is 54.9 Å². The van der Waals surface area contributed by atoms with Crippen molar-refractivity contribution in [1.82, 2.24) is 9.97 Å². The maximum Gasteiger partial charge on any atom is 0.323 e. The van der Waals surface area contributed by atoms with E-state index >= 15 is 0 Å². The molecule has 1 aliphatic rings. The number of hydrogen-bond acceptors (Lipinski definition) is 6. The summed E-state index contributed by atoms with van der Waals surface area (Å²) in [6.07, 6.45) is 2.71. The average Bonchev–Trinajstić information content (AvgIpc) is 2.71. The molecule has 0 aliphatic carbocycles. The lowest BCUT2D eigenvalue weighted by Crippen LogP contribution is -2.20. The topological polar surface area (TPSA) is 94.6 Å². The third-order valence-electron chi connectivity index (χ3n) is 3.72. The van der Waals surface area contributed by atoms with Gasteiger partial charge in [-0.15, -0.1) is 0 Å². The van der Waals surface area contributed by atoms with E-state index in [1.807, 2.05) is 0 Å². The number of ether oxygens (including phenoxy) is 3. The second-order valence-electron chi connectivity index (χ2n) is 5.72. The van der Waals surface area contributed by atoms with Gasteiger partial charge in [-0.05, 0) is 24.3 Å². The molecule has 8 nitrogen and oxygen atoms in total. The summed E-state index contributed by atoms with van der Waals surface area (Å²) in [5.41, 5.74) is 0.887. The Bertz CT molecular complexity index is 997. The Labute approximate surface area is 159 Å². The van der Waals surface area contributed by atoms with Gasteiger partial charge < -0.3 is 24.8 Å². The number of nitrogens with zero attached hydrogens (tertiary/aromatic N) is 2. The van der Waals surface area contributed by atoms with Crippen molar-refractivity contribution in [3.63, 3.8) is 0 Å². The molecule has 9 heteroatoms. The van der Waals surface area contributed by atoms with Crippen molar-refractivity contribution in [3.05, 3.63) is 60.7 Å². The van der Waals surface area contributed by atoms with E-state index in [1.165, 1.54) is 24.5 Å². The van der Waals surface area contributed by atoms with Crippen molar-refractivity contribution >= 4 is 17.4 Å². The molecule has 1 aliphatic heterocycles. The third-order valence-corrected chi connectivity index (χ3v) is 3.72. The van der Waals surface area contributed by atoms with Gasteiger partial charge in [-0.3, -0.25) is 0 Å². The zero-order valence-electron chi connectivity index (χ0n) is 14.5. The SMILES string of the molecule is O=C(Nc1cnc(Oc2ccccc2F)nc1)Nc1ccc2c(c1)OCCO2. The fourth-order valence-electron chi connectivity index (χ4n) is 2.47. The Balaban J connectivity index is 1.36. The summed E-state index contributed by atoms with van der Waals surface area (Å²) in [6, 6.07) is 10.5. The van der Waals surface area contributed by atoms with Crippen molar-refractivity contribution in [3.8, 4) is 23.3 Å². The van der Waals surface area contributed by atoms with Crippen molar-refractivity contribution in [2.24, 2.45) is 0 Å². The normalized spacial score (nSPS) is 12.2. The van der Waals surface area contributed by atoms with Crippen LogP contribution in [0.2, 0.25) is 0 Å². The van der Waals surface area contributed by atoms with Gasteiger partial charge in [0.1, 0.15) is 13.2 Å². The first kappa shape index (κ1) is 17.5. The van der Waals surface area contributed by atoms with Crippen LogP contribution in [0.4, 0.5) is 20.6 Å². The zero-order chi connectivity index (χ0) is 19.3. The number of fused-ring (bicyclic) bond motifs is 1. The molecule has 0 spiro atoms. The highest BCUT2D eigenvalue weighted by Gasteiger charge is 2.13. The predicted octanol–water partition coefficient (Wildman–Crippen LogP) is 3.82. The van der Waals surface area contributed by atoms with E-state index in [1.54, 1.807) is 30.3 Å². The minimum Gasteiger partial charge on any atom is -0.486 e. The monoisotopic (exact) mass is 382 g/mol. The average molecular weight is 382 g/mol. The number of nitrogens with one attached hydrogen (secondary N) is 2. The lowest BCUT2D eigenvalue weighted by molar-refractivity contribution is 0.171. The number of hydrogen-bond donors (Lipinski definition) is 2. The first-order valence-electron chi connectivity index (χ1n) is 8.39. The van der Waals surface area contributed by atoms with Gasteiger partial charge in [-0.1, -0.05) is 12.1 Å². The number of urea groups is 1. The molecule has 0 saturated heterocycles. The van der Waals surface area contributed by atoms with Crippen LogP contribution in [0.25, 0.3) is 0 Å². The standard InChI is InChI=1S/C19H15FN4O4/c20-14-3-1-2-4-15(14)28-19-21-10-13(11-22-19)24-18(25)23-12-5-6-16-17(9-12)27-8-7-26-16/h1-6,9-11H,7-8H2,(H2,23,24,25). The molecule has 2 amide bonds. The van der Waals surface area contributed by atoms with E-state index in [0.29, 0.717) is 36.1 Å². The van der Waals surface area contributed by atoms with Crippen molar-refractivity contribution in [1.29, 1.82) is 0 Å². The molecular weight excluding hydrogens is 367 g/mol. The van der Waals surface area contributed by atoms with Crippen LogP contribution in [-0.4, -0.2) is 29.2 Å². The molecule has 0 saturated carbocycles. The quantitative estimate of drug-likeness (QED) is 0.712. The highest BCUT2D eigenvalue weighted by atomic mass is 19.1. The lowest BCUT2D eigenvalue weighted by atomic mass is 10.2. The summed E-state index contributed by atoms with van der Waals surface area (Å²) in [4.78, 5) is 20.0. The molecule has 0 unspecified atom stereocenters. The first-order valence-corrected chi connectivity index (χ1v) is 8.39. The van der Waals surface area contributed by atoms with E-state index in [4.69, 9.17) is 14.2 Å². The van der Waals surface area contributed by atoms with Gasteiger partial charge in [0, 0.05) is 11.8 Å². The van der Waals surface area contributed by atoms with Gasteiger partial charge in [-0.25, -0.2) is 19.2 Å². The summed E-state index contributed by atoms with van der Waals surface area (Å²) in [6.45, 7) is 0.957. The fourth-order valence-corrected chi connectivity index (χ4v) is 2.47. The van der Waals surface area contributed by atoms with Gasteiger partial charge in [-0.2, -0.15) is 0 Å². The summed E-state index contributed by atoms with van der Waals surface area (Å²) >= 11 is 0. The van der Waals surface area contributed by atoms with Crippen LogP contribution in [0, 0.1) is 5.82 Å². The van der Waals surface area contributed by atoms with Crippen LogP contribution >= 0.6 is 0 Å². The van der Waals surface area contributed by atoms with E-state index in [2.05, 4.69) is 20.6 Å². The Kier molecular flexibility index (Phi) is 4.87. The number of aromatic nitrogens is 2. The summed E-state index contributed by atoms with van der Waals surface area (Å²) < 4.78 is 29.8. The van der Waals surface area contributed by atoms with Gasteiger partial charge in [0.05, 0.1) is 18.1 Å². The van der Waals surface area contributed by atoms with E-state index in [9.17, 15) is 9.18 Å². The largest absolute Gasteiger partial charge is 0.486 e. The smallest absolute Gasteiger partial charge is 0.323 e. The van der Waals surface area contributed by atoms with Crippen LogP contribution in [0.5, 0.6) is 23.3 Å². The lowest BCUT2D eigenvalue weighted by Gasteiger charge is -2.19. The van der Waals surface area contributed by atoms with Crippen LogP contribution in [0.3, 0.4) is 0 Å². The predicted molar refractivity (Wildman–Crippen MR) is 98.6 cm³/mol. The number of benzene rings is 2. The summed E-state index contributed by atoms with van der Waals surface area (Å²) in [5, 5.41) is 5.28. The minimum atomic E-state index is -0.521. The molecule has 0 fully saturated rings. The molecule has 4 rings (SSSR count). The summed E-state index contributed by atoms with van der Waals surface area (Å²) in [7, 11) is 0. The molecule has 0 atom stereocenters. The molecule has 28 heavy (non-hydrogen) atoms. The number of halogens is 1. The van der Waals surface area contributed by atoms with Crippen molar-refractivity contribution in [2.45, 2.75) is 0 Å². The molecule has 0 bridgehead atoms. The minimum absolute atomic E-state index is 0.0135. The van der Waals surface area contributed by atoms with Crippen LogP contribution in [-0.2, 0) is 0 Å². The Morgan fingerprint density at radius 1 is 0.964 bits per heavy atom. The van der Waals surface area contributed by atoms with Crippen LogP contribution < -0.4 is 24.8 Å². The second kappa shape index (κ2) is 7.78. The van der Waals surface area contributed by atoms with E-state index in [-0.39, 0.29) is 11.8 Å². The second-order valence-corrected chi connectivity index (χ2v) is 5.72. The molecule has 1 aromatic heterocycles. The number of carbonyl (C=O) groups is 1. The van der Waals surface area contributed by atoms with Crippen molar-refractivity contribution in [2.75, 3.05) is 23.8 Å². The molecule has 3 aromatic rings. The highest BCUT2D eigenvalue weighted by Crippen LogP contribution is 2.32. The number of para-hydroxylation sites is 1. The maximum absolute atomic E-state index is 13.6. The van der Waals surface area contributed by atoms with E-state index < -0.39 is 11.8 Å².